The lowest BCUT2D eigenvalue weighted by Gasteiger charge is -2.05. The van der Waals surface area contributed by atoms with Crippen molar-refractivity contribution in [3.8, 4) is 0 Å². The summed E-state index contributed by atoms with van der Waals surface area (Å²) in [5.41, 5.74) is 1.16. The van der Waals surface area contributed by atoms with Gasteiger partial charge in [-0.15, -0.1) is 11.8 Å². The average Bonchev–Trinajstić information content (AvgIpc) is 2.37. The van der Waals surface area contributed by atoms with Gasteiger partial charge in [-0.25, -0.2) is 0 Å². The Bertz CT molecular complexity index is 335. The fourth-order valence-electron chi connectivity index (χ4n) is 1.57. The molecule has 0 radical (unpaired) electrons. The van der Waals surface area contributed by atoms with Crippen LogP contribution in [-0.2, 0) is 11.3 Å². The summed E-state index contributed by atoms with van der Waals surface area (Å²) >= 11 is 1.73. The molecule has 3 heteroatoms. The molecule has 0 unspecified atom stereocenters. The Hall–Kier alpha value is -0.960. The Balaban J connectivity index is 2.27. The molecule has 0 aliphatic heterocycles. The van der Waals surface area contributed by atoms with Gasteiger partial charge >= 0.3 is 0 Å². The van der Waals surface area contributed by atoms with Crippen molar-refractivity contribution in [2.45, 2.75) is 44.0 Å². The summed E-state index contributed by atoms with van der Waals surface area (Å²) in [6, 6.07) is 8.31. The number of carbonyl (C=O) groups excluding carboxylic acids is 1. The summed E-state index contributed by atoms with van der Waals surface area (Å²) < 4.78 is 0. The normalized spacial score (nSPS) is 10.2. The molecule has 1 N–H and O–H groups in total. The van der Waals surface area contributed by atoms with Crippen LogP contribution >= 0.6 is 11.8 Å². The van der Waals surface area contributed by atoms with E-state index in [1.807, 2.05) is 0 Å². The third kappa shape index (κ3) is 5.78. The molecule has 0 saturated carbocycles. The van der Waals surface area contributed by atoms with Gasteiger partial charge < -0.3 is 5.32 Å². The second-order valence-electron chi connectivity index (χ2n) is 4.08. The number of unbranched alkanes of at least 4 members (excludes halogenated alkanes) is 2. The molecule has 1 aromatic carbocycles. The van der Waals surface area contributed by atoms with Crippen molar-refractivity contribution < 1.29 is 4.79 Å². The third-order valence-electron chi connectivity index (χ3n) is 2.66. The first-order valence-corrected chi connectivity index (χ1v) is 7.38. The predicted octanol–water partition coefficient (Wildman–Crippen LogP) is 3.61. The zero-order chi connectivity index (χ0) is 12.5. The molecule has 1 aromatic rings. The number of hydrogen-bond donors (Lipinski definition) is 1. The smallest absolute Gasteiger partial charge is 0.220 e. The van der Waals surface area contributed by atoms with Gasteiger partial charge in [0.15, 0.2) is 0 Å². The minimum absolute atomic E-state index is 0.160. The van der Waals surface area contributed by atoms with Crippen LogP contribution < -0.4 is 5.32 Å². The topological polar surface area (TPSA) is 29.1 Å². The Labute approximate surface area is 108 Å². The first-order chi connectivity index (χ1) is 8.26. The molecule has 0 aromatic heterocycles. The molecule has 0 aliphatic rings. The van der Waals surface area contributed by atoms with Crippen molar-refractivity contribution in [2.24, 2.45) is 0 Å². The van der Waals surface area contributed by atoms with Gasteiger partial charge in [0, 0.05) is 17.9 Å². The lowest BCUT2D eigenvalue weighted by atomic mass is 10.2. The largest absolute Gasteiger partial charge is 0.352 e. The van der Waals surface area contributed by atoms with Gasteiger partial charge in [-0.1, -0.05) is 31.9 Å². The van der Waals surface area contributed by atoms with Crippen molar-refractivity contribution >= 4 is 17.7 Å². The summed E-state index contributed by atoms with van der Waals surface area (Å²) in [5.74, 6) is 0.160. The highest BCUT2D eigenvalue weighted by Crippen LogP contribution is 2.14. The van der Waals surface area contributed by atoms with Gasteiger partial charge in [0.2, 0.25) is 5.91 Å². The Kier molecular flexibility index (Phi) is 6.78. The highest BCUT2D eigenvalue weighted by atomic mass is 32.2. The van der Waals surface area contributed by atoms with Crippen molar-refractivity contribution in [1.29, 1.82) is 0 Å². The van der Waals surface area contributed by atoms with Crippen LogP contribution in [0, 0.1) is 0 Å². The van der Waals surface area contributed by atoms with Gasteiger partial charge in [0.25, 0.3) is 0 Å². The van der Waals surface area contributed by atoms with E-state index in [1.54, 1.807) is 11.8 Å². The summed E-state index contributed by atoms with van der Waals surface area (Å²) in [6.45, 7) is 2.78. The van der Waals surface area contributed by atoms with E-state index in [9.17, 15) is 4.79 Å². The first-order valence-electron chi connectivity index (χ1n) is 6.16. The maximum Gasteiger partial charge on any atom is 0.220 e. The second-order valence-corrected chi connectivity index (χ2v) is 4.96. The van der Waals surface area contributed by atoms with Crippen molar-refractivity contribution in [3.05, 3.63) is 29.8 Å². The van der Waals surface area contributed by atoms with E-state index in [1.165, 1.54) is 4.90 Å². The van der Waals surface area contributed by atoms with Gasteiger partial charge in [0.1, 0.15) is 0 Å². The summed E-state index contributed by atoms with van der Waals surface area (Å²) in [4.78, 5) is 12.8. The lowest BCUT2D eigenvalue weighted by molar-refractivity contribution is -0.121. The molecular formula is C14H21NOS. The molecule has 17 heavy (non-hydrogen) atoms. The maximum absolute atomic E-state index is 11.5. The monoisotopic (exact) mass is 251 g/mol. The number of benzene rings is 1. The molecule has 94 valence electrons. The fraction of sp³-hybridized carbons (Fsp3) is 0.500. The Morgan fingerprint density at radius 3 is 2.53 bits per heavy atom. The van der Waals surface area contributed by atoms with Crippen LogP contribution in [0.4, 0.5) is 0 Å². The third-order valence-corrected chi connectivity index (χ3v) is 3.40. The summed E-state index contributed by atoms with van der Waals surface area (Å²) in [6.07, 6.45) is 5.99. The average molecular weight is 251 g/mol. The van der Waals surface area contributed by atoms with Crippen LogP contribution in [0.1, 0.15) is 38.2 Å². The molecule has 0 atom stereocenters. The summed E-state index contributed by atoms with van der Waals surface area (Å²) in [5, 5.41) is 2.95. The van der Waals surface area contributed by atoms with E-state index in [2.05, 4.69) is 42.8 Å². The van der Waals surface area contributed by atoms with E-state index in [4.69, 9.17) is 0 Å². The molecule has 1 amide bonds. The van der Waals surface area contributed by atoms with E-state index in [0.29, 0.717) is 13.0 Å². The van der Waals surface area contributed by atoms with E-state index < -0.39 is 0 Å². The number of carbonyl (C=O) groups is 1. The number of rotatable bonds is 7. The van der Waals surface area contributed by atoms with E-state index >= 15 is 0 Å². The lowest BCUT2D eigenvalue weighted by Crippen LogP contribution is -2.22. The molecule has 0 saturated heterocycles. The fourth-order valence-corrected chi connectivity index (χ4v) is 1.98. The molecule has 0 spiro atoms. The van der Waals surface area contributed by atoms with Crippen LogP contribution in [0.3, 0.4) is 0 Å². The van der Waals surface area contributed by atoms with Gasteiger partial charge in [-0.3, -0.25) is 4.79 Å². The number of amides is 1. The number of thioether (sulfide) groups is 1. The molecule has 0 bridgehead atoms. The molecular weight excluding hydrogens is 230 g/mol. The van der Waals surface area contributed by atoms with Gasteiger partial charge in [-0.2, -0.15) is 0 Å². The second kappa shape index (κ2) is 8.18. The van der Waals surface area contributed by atoms with Crippen molar-refractivity contribution in [1.82, 2.24) is 5.32 Å². The highest BCUT2D eigenvalue weighted by Gasteiger charge is 2.00. The SMILES string of the molecule is CCCCCC(=O)NCc1ccc(SC)cc1. The maximum atomic E-state index is 11.5. The predicted molar refractivity (Wildman–Crippen MR) is 74.2 cm³/mol. The van der Waals surface area contributed by atoms with Crippen molar-refractivity contribution in [2.75, 3.05) is 6.26 Å². The zero-order valence-corrected chi connectivity index (χ0v) is 11.5. The van der Waals surface area contributed by atoms with E-state index in [-0.39, 0.29) is 5.91 Å². The van der Waals surface area contributed by atoms with Gasteiger partial charge in [0.05, 0.1) is 0 Å². The van der Waals surface area contributed by atoms with Crippen LogP contribution in [0.2, 0.25) is 0 Å². The molecule has 0 aliphatic carbocycles. The highest BCUT2D eigenvalue weighted by molar-refractivity contribution is 7.98. The van der Waals surface area contributed by atoms with Crippen LogP contribution in [-0.4, -0.2) is 12.2 Å². The minimum atomic E-state index is 0.160. The molecule has 0 fully saturated rings. The first kappa shape index (κ1) is 14.1. The Morgan fingerprint density at radius 2 is 1.94 bits per heavy atom. The van der Waals surface area contributed by atoms with E-state index in [0.717, 1.165) is 24.8 Å². The molecule has 2 nitrogen and oxygen atoms in total. The van der Waals surface area contributed by atoms with Crippen LogP contribution in [0.15, 0.2) is 29.2 Å². The summed E-state index contributed by atoms with van der Waals surface area (Å²) in [7, 11) is 0. The minimum Gasteiger partial charge on any atom is -0.352 e. The van der Waals surface area contributed by atoms with Crippen LogP contribution in [0.5, 0.6) is 0 Å². The molecule has 0 heterocycles. The quantitative estimate of drug-likeness (QED) is 0.592. The zero-order valence-electron chi connectivity index (χ0n) is 10.7. The Morgan fingerprint density at radius 1 is 1.24 bits per heavy atom. The standard InChI is InChI=1S/C14H21NOS/c1-3-4-5-6-14(16)15-11-12-7-9-13(17-2)10-8-12/h7-10H,3-6,11H2,1-2H3,(H,15,16). The number of nitrogens with one attached hydrogen (secondary N) is 1. The van der Waals surface area contributed by atoms with Gasteiger partial charge in [-0.05, 0) is 30.4 Å². The number of hydrogen-bond acceptors (Lipinski definition) is 2. The van der Waals surface area contributed by atoms with Crippen molar-refractivity contribution in [3.63, 3.8) is 0 Å². The molecule has 1 rings (SSSR count). The van der Waals surface area contributed by atoms with Crippen LogP contribution in [0.25, 0.3) is 0 Å².